The van der Waals surface area contributed by atoms with E-state index in [4.69, 9.17) is 9.47 Å². The van der Waals surface area contributed by atoms with Gasteiger partial charge in [-0.3, -0.25) is 4.79 Å². The van der Waals surface area contributed by atoms with E-state index in [1.807, 2.05) is 18.2 Å². The highest BCUT2D eigenvalue weighted by Crippen LogP contribution is 2.20. The summed E-state index contributed by atoms with van der Waals surface area (Å²) in [4.78, 5) is 11.4. The monoisotopic (exact) mass is 249 g/mol. The van der Waals surface area contributed by atoms with Gasteiger partial charge in [-0.25, -0.2) is 0 Å². The molecule has 1 heterocycles. The van der Waals surface area contributed by atoms with Gasteiger partial charge < -0.3 is 14.8 Å². The lowest BCUT2D eigenvalue weighted by Crippen LogP contribution is -2.31. The molecule has 1 fully saturated rings. The zero-order valence-electron chi connectivity index (χ0n) is 11.0. The Hall–Kier alpha value is -1.55. The molecule has 2 rings (SSSR count). The van der Waals surface area contributed by atoms with Crippen molar-refractivity contribution in [2.24, 2.45) is 0 Å². The number of ether oxygens (including phenoxy) is 2. The Morgan fingerprint density at radius 2 is 2.11 bits per heavy atom. The second-order valence-corrected chi connectivity index (χ2v) is 4.71. The molecule has 4 heteroatoms. The lowest BCUT2D eigenvalue weighted by molar-refractivity contribution is -0.142. The second-order valence-electron chi connectivity index (χ2n) is 4.71. The average molecular weight is 249 g/mol. The molecule has 0 amide bonds. The fraction of sp³-hybridized carbons (Fsp3) is 0.500. The summed E-state index contributed by atoms with van der Waals surface area (Å²) in [6, 6.07) is 5.80. The molecule has 1 aromatic rings. The van der Waals surface area contributed by atoms with Crippen molar-refractivity contribution < 1.29 is 14.3 Å². The van der Waals surface area contributed by atoms with Crippen molar-refractivity contribution in [1.29, 1.82) is 0 Å². The molecular formula is C14H19NO3. The molecule has 0 aliphatic carbocycles. The van der Waals surface area contributed by atoms with Gasteiger partial charge in [0.2, 0.25) is 0 Å². The van der Waals surface area contributed by atoms with Gasteiger partial charge in [0.15, 0.2) is 0 Å². The third-order valence-corrected chi connectivity index (χ3v) is 3.36. The molecule has 0 saturated carbocycles. The molecule has 98 valence electrons. The van der Waals surface area contributed by atoms with Gasteiger partial charge in [0.1, 0.15) is 17.9 Å². The molecule has 0 spiro atoms. The fourth-order valence-electron chi connectivity index (χ4n) is 2.09. The van der Waals surface area contributed by atoms with Crippen LogP contribution in [0.1, 0.15) is 17.5 Å². The van der Waals surface area contributed by atoms with E-state index in [2.05, 4.69) is 19.2 Å². The zero-order chi connectivity index (χ0) is 13.1. The van der Waals surface area contributed by atoms with Crippen molar-refractivity contribution in [2.45, 2.75) is 32.4 Å². The van der Waals surface area contributed by atoms with Crippen molar-refractivity contribution in [1.82, 2.24) is 5.32 Å². The van der Waals surface area contributed by atoms with E-state index in [1.165, 1.54) is 18.2 Å². The number of esters is 1. The topological polar surface area (TPSA) is 47.6 Å². The number of nitrogens with one attached hydrogen (secondary N) is 1. The first-order valence-electron chi connectivity index (χ1n) is 6.15. The molecule has 1 saturated heterocycles. The quantitative estimate of drug-likeness (QED) is 0.826. The molecular weight excluding hydrogens is 230 g/mol. The number of carbonyl (C=O) groups excluding carboxylic acids is 1. The minimum absolute atomic E-state index is 0.0243. The van der Waals surface area contributed by atoms with Crippen LogP contribution in [0.3, 0.4) is 0 Å². The number of hydrogen-bond donors (Lipinski definition) is 1. The maximum absolute atomic E-state index is 11.4. The van der Waals surface area contributed by atoms with E-state index in [0.717, 1.165) is 5.75 Å². The van der Waals surface area contributed by atoms with E-state index < -0.39 is 0 Å². The van der Waals surface area contributed by atoms with Gasteiger partial charge in [-0.1, -0.05) is 6.07 Å². The first kappa shape index (κ1) is 12.9. The number of benzene rings is 1. The number of hydrogen-bond acceptors (Lipinski definition) is 4. The van der Waals surface area contributed by atoms with Crippen molar-refractivity contribution in [2.75, 3.05) is 13.7 Å². The van der Waals surface area contributed by atoms with Crippen LogP contribution in [0.25, 0.3) is 0 Å². The Morgan fingerprint density at radius 3 is 2.78 bits per heavy atom. The summed E-state index contributed by atoms with van der Waals surface area (Å²) in [7, 11) is 1.40. The molecule has 1 aliphatic heterocycles. The molecule has 0 aromatic heterocycles. The Morgan fingerprint density at radius 1 is 1.33 bits per heavy atom. The van der Waals surface area contributed by atoms with Crippen molar-refractivity contribution >= 4 is 5.97 Å². The highest BCUT2D eigenvalue weighted by Gasteiger charge is 2.31. The van der Waals surface area contributed by atoms with Gasteiger partial charge in [0, 0.05) is 13.0 Å². The molecule has 1 N–H and O–H groups in total. The predicted octanol–water partition coefficient (Wildman–Crippen LogP) is 1.59. The molecule has 0 bridgehead atoms. The summed E-state index contributed by atoms with van der Waals surface area (Å²) in [6.45, 7) is 4.81. The van der Waals surface area contributed by atoms with Crippen LogP contribution in [0.15, 0.2) is 18.2 Å². The van der Waals surface area contributed by atoms with Crippen LogP contribution in [0, 0.1) is 13.8 Å². The van der Waals surface area contributed by atoms with Gasteiger partial charge >= 0.3 is 5.97 Å². The molecule has 2 atom stereocenters. The Bertz CT molecular complexity index is 445. The fourth-order valence-corrected chi connectivity index (χ4v) is 2.09. The standard InChI is InChI=1S/C14H19NO3/c1-9-4-5-11(6-10(9)2)18-12-7-13(15-8-12)14(16)17-3/h4-6,12-13,15H,7-8H2,1-3H3/t12-,13+/m1/s1. The Balaban J connectivity index is 1.95. The molecule has 0 radical (unpaired) electrons. The van der Waals surface area contributed by atoms with Crippen LogP contribution >= 0.6 is 0 Å². The number of rotatable bonds is 3. The molecule has 0 unspecified atom stereocenters. The van der Waals surface area contributed by atoms with Crippen LogP contribution in [0.4, 0.5) is 0 Å². The van der Waals surface area contributed by atoms with E-state index in [0.29, 0.717) is 13.0 Å². The van der Waals surface area contributed by atoms with Gasteiger partial charge in [-0.05, 0) is 37.1 Å². The molecule has 4 nitrogen and oxygen atoms in total. The van der Waals surface area contributed by atoms with Gasteiger partial charge in [0.05, 0.1) is 7.11 Å². The third-order valence-electron chi connectivity index (χ3n) is 3.36. The van der Waals surface area contributed by atoms with Gasteiger partial charge in [0.25, 0.3) is 0 Å². The van der Waals surface area contributed by atoms with Crippen LogP contribution in [0.2, 0.25) is 0 Å². The highest BCUT2D eigenvalue weighted by atomic mass is 16.5. The number of carbonyl (C=O) groups is 1. The molecule has 1 aliphatic rings. The summed E-state index contributed by atoms with van der Waals surface area (Å²) in [6.07, 6.45) is 0.677. The van der Waals surface area contributed by atoms with Crippen molar-refractivity contribution in [3.05, 3.63) is 29.3 Å². The summed E-state index contributed by atoms with van der Waals surface area (Å²) < 4.78 is 10.6. The zero-order valence-corrected chi connectivity index (χ0v) is 11.0. The van der Waals surface area contributed by atoms with Crippen molar-refractivity contribution in [3.8, 4) is 5.75 Å². The number of aryl methyl sites for hydroxylation is 2. The summed E-state index contributed by atoms with van der Waals surface area (Å²) in [5, 5.41) is 3.10. The average Bonchev–Trinajstić information content (AvgIpc) is 2.81. The molecule has 18 heavy (non-hydrogen) atoms. The maximum atomic E-state index is 11.4. The third kappa shape index (κ3) is 2.82. The second kappa shape index (κ2) is 5.40. The summed E-state index contributed by atoms with van der Waals surface area (Å²) >= 11 is 0. The maximum Gasteiger partial charge on any atom is 0.323 e. The van der Waals surface area contributed by atoms with Crippen LogP contribution in [0.5, 0.6) is 5.75 Å². The molecule has 1 aromatic carbocycles. The Labute approximate surface area is 107 Å². The predicted molar refractivity (Wildman–Crippen MR) is 68.8 cm³/mol. The van der Waals surface area contributed by atoms with Crippen LogP contribution < -0.4 is 10.1 Å². The lowest BCUT2D eigenvalue weighted by atomic mass is 10.1. The van der Waals surface area contributed by atoms with Crippen LogP contribution in [-0.4, -0.2) is 31.8 Å². The van der Waals surface area contributed by atoms with Gasteiger partial charge in [-0.2, -0.15) is 0 Å². The van der Waals surface area contributed by atoms with Crippen molar-refractivity contribution in [3.63, 3.8) is 0 Å². The summed E-state index contributed by atoms with van der Waals surface area (Å²) in [5.74, 6) is 0.636. The first-order valence-corrected chi connectivity index (χ1v) is 6.15. The normalized spacial score (nSPS) is 22.8. The minimum Gasteiger partial charge on any atom is -0.489 e. The highest BCUT2D eigenvalue weighted by molar-refractivity contribution is 5.76. The number of methoxy groups -OCH3 is 1. The SMILES string of the molecule is COC(=O)[C@@H]1C[C@@H](Oc2ccc(C)c(C)c2)CN1. The lowest BCUT2D eigenvalue weighted by Gasteiger charge is -2.14. The Kier molecular flexibility index (Phi) is 3.87. The summed E-state index contributed by atoms with van der Waals surface area (Å²) in [5.41, 5.74) is 2.46. The van der Waals surface area contributed by atoms with E-state index in [9.17, 15) is 4.79 Å². The van der Waals surface area contributed by atoms with Gasteiger partial charge in [-0.15, -0.1) is 0 Å². The first-order chi connectivity index (χ1) is 8.60. The van der Waals surface area contributed by atoms with Crippen LogP contribution in [-0.2, 0) is 9.53 Å². The van der Waals surface area contributed by atoms with E-state index in [1.54, 1.807) is 0 Å². The smallest absolute Gasteiger partial charge is 0.323 e. The van der Waals surface area contributed by atoms with E-state index >= 15 is 0 Å². The largest absolute Gasteiger partial charge is 0.489 e. The van der Waals surface area contributed by atoms with E-state index in [-0.39, 0.29) is 18.1 Å². The minimum atomic E-state index is -0.244.